The molecule has 2 rings (SSSR count). The molecule has 1 aromatic heterocycles. The second-order valence-corrected chi connectivity index (χ2v) is 4.89. The number of hydrogen-bond acceptors (Lipinski definition) is 3. The van der Waals surface area contributed by atoms with E-state index in [2.05, 4.69) is 41.2 Å². The lowest BCUT2D eigenvalue weighted by Crippen LogP contribution is -1.85. The van der Waals surface area contributed by atoms with Gasteiger partial charge < -0.3 is 10.7 Å². The minimum Gasteiger partial charge on any atom is -0.369 e. The Morgan fingerprint density at radius 1 is 1.31 bits per heavy atom. The SMILES string of the molecule is CCSc1ccc(-c2nc(N)[nH]c2C)cc1. The fourth-order valence-electron chi connectivity index (χ4n) is 1.64. The fraction of sp³-hybridized carbons (Fsp3) is 0.250. The maximum Gasteiger partial charge on any atom is 0.198 e. The van der Waals surface area contributed by atoms with Crippen LogP contribution in [0.3, 0.4) is 0 Å². The number of imidazole rings is 1. The highest BCUT2D eigenvalue weighted by molar-refractivity contribution is 7.99. The molecule has 4 heteroatoms. The van der Waals surface area contributed by atoms with Gasteiger partial charge in [0.1, 0.15) is 0 Å². The molecule has 3 nitrogen and oxygen atoms in total. The number of H-pyrrole nitrogens is 1. The molecule has 0 aliphatic rings. The number of nitrogens with zero attached hydrogens (tertiary/aromatic N) is 1. The predicted octanol–water partition coefficient (Wildman–Crippen LogP) is 3.08. The summed E-state index contributed by atoms with van der Waals surface area (Å²) >= 11 is 1.84. The van der Waals surface area contributed by atoms with Gasteiger partial charge >= 0.3 is 0 Å². The van der Waals surface area contributed by atoms with E-state index < -0.39 is 0 Å². The van der Waals surface area contributed by atoms with Gasteiger partial charge in [-0.15, -0.1) is 11.8 Å². The maximum absolute atomic E-state index is 5.62. The summed E-state index contributed by atoms with van der Waals surface area (Å²) in [4.78, 5) is 8.56. The summed E-state index contributed by atoms with van der Waals surface area (Å²) in [6, 6.07) is 8.41. The second-order valence-electron chi connectivity index (χ2n) is 3.55. The van der Waals surface area contributed by atoms with Gasteiger partial charge in [0.2, 0.25) is 0 Å². The van der Waals surface area contributed by atoms with Gasteiger partial charge in [0, 0.05) is 16.2 Å². The summed E-state index contributed by atoms with van der Waals surface area (Å²) in [6.45, 7) is 4.13. The zero-order valence-corrected chi connectivity index (χ0v) is 10.3. The Labute approximate surface area is 99.5 Å². The van der Waals surface area contributed by atoms with Crippen molar-refractivity contribution in [3.05, 3.63) is 30.0 Å². The molecule has 2 aromatic rings. The maximum atomic E-state index is 5.62. The normalized spacial score (nSPS) is 10.6. The van der Waals surface area contributed by atoms with Crippen LogP contribution in [-0.4, -0.2) is 15.7 Å². The number of hydrogen-bond donors (Lipinski definition) is 2. The molecule has 1 heterocycles. The molecule has 84 valence electrons. The third kappa shape index (κ3) is 2.22. The van der Waals surface area contributed by atoms with E-state index in [-0.39, 0.29) is 0 Å². The number of rotatable bonds is 3. The molecule has 0 bridgehead atoms. The third-order valence-corrected chi connectivity index (χ3v) is 3.24. The number of nitrogens with two attached hydrogens (primary N) is 1. The standard InChI is InChI=1S/C12H15N3S/c1-3-16-10-6-4-9(5-7-10)11-8(2)14-12(13)15-11/h4-7H,3H2,1-2H3,(H3,13,14,15). The van der Waals surface area contributed by atoms with Crippen molar-refractivity contribution in [1.29, 1.82) is 0 Å². The molecule has 0 radical (unpaired) electrons. The number of thioether (sulfide) groups is 1. The highest BCUT2D eigenvalue weighted by Gasteiger charge is 2.06. The summed E-state index contributed by atoms with van der Waals surface area (Å²) in [5.41, 5.74) is 8.67. The third-order valence-electron chi connectivity index (χ3n) is 2.34. The summed E-state index contributed by atoms with van der Waals surface area (Å²) in [6.07, 6.45) is 0. The van der Waals surface area contributed by atoms with Crippen molar-refractivity contribution in [2.75, 3.05) is 11.5 Å². The molecular formula is C12H15N3S. The van der Waals surface area contributed by atoms with E-state index in [0.29, 0.717) is 5.95 Å². The zero-order valence-electron chi connectivity index (χ0n) is 9.45. The Morgan fingerprint density at radius 3 is 2.50 bits per heavy atom. The molecular weight excluding hydrogens is 218 g/mol. The highest BCUT2D eigenvalue weighted by Crippen LogP contribution is 2.25. The topological polar surface area (TPSA) is 54.7 Å². The fourth-order valence-corrected chi connectivity index (χ4v) is 2.30. The summed E-state index contributed by atoms with van der Waals surface area (Å²) in [5, 5.41) is 0. The van der Waals surface area contributed by atoms with E-state index in [0.717, 1.165) is 22.7 Å². The van der Waals surface area contributed by atoms with E-state index in [1.54, 1.807) is 0 Å². The molecule has 0 fully saturated rings. The number of anilines is 1. The van der Waals surface area contributed by atoms with Crippen LogP contribution in [0.1, 0.15) is 12.6 Å². The molecule has 1 aromatic carbocycles. The van der Waals surface area contributed by atoms with Crippen molar-refractivity contribution in [2.24, 2.45) is 0 Å². The van der Waals surface area contributed by atoms with Crippen LogP contribution in [0, 0.1) is 6.92 Å². The van der Waals surface area contributed by atoms with E-state index in [1.165, 1.54) is 4.90 Å². The zero-order chi connectivity index (χ0) is 11.5. The lowest BCUT2D eigenvalue weighted by Gasteiger charge is -2.01. The van der Waals surface area contributed by atoms with Gasteiger partial charge in [0.05, 0.1) is 5.69 Å². The monoisotopic (exact) mass is 233 g/mol. The summed E-state index contributed by atoms with van der Waals surface area (Å²) in [5.74, 6) is 1.56. The van der Waals surface area contributed by atoms with Crippen LogP contribution < -0.4 is 5.73 Å². The Kier molecular flexibility index (Phi) is 3.19. The largest absolute Gasteiger partial charge is 0.369 e. The number of benzene rings is 1. The predicted molar refractivity (Wildman–Crippen MR) is 69.6 cm³/mol. The summed E-state index contributed by atoms with van der Waals surface area (Å²) in [7, 11) is 0. The van der Waals surface area contributed by atoms with Gasteiger partial charge in [-0.05, 0) is 24.8 Å². The van der Waals surface area contributed by atoms with Crippen molar-refractivity contribution >= 4 is 17.7 Å². The highest BCUT2D eigenvalue weighted by atomic mass is 32.2. The van der Waals surface area contributed by atoms with Crippen LogP contribution in [0.25, 0.3) is 11.3 Å². The van der Waals surface area contributed by atoms with Crippen molar-refractivity contribution in [2.45, 2.75) is 18.7 Å². The van der Waals surface area contributed by atoms with Crippen molar-refractivity contribution in [3.8, 4) is 11.3 Å². The smallest absolute Gasteiger partial charge is 0.198 e. The molecule has 0 aliphatic heterocycles. The lowest BCUT2D eigenvalue weighted by atomic mass is 10.1. The molecule has 16 heavy (non-hydrogen) atoms. The Morgan fingerprint density at radius 2 is 2.00 bits per heavy atom. The number of aryl methyl sites for hydroxylation is 1. The average Bonchev–Trinajstić information content (AvgIpc) is 2.59. The van der Waals surface area contributed by atoms with Crippen LogP contribution in [0.2, 0.25) is 0 Å². The van der Waals surface area contributed by atoms with Crippen LogP contribution in [-0.2, 0) is 0 Å². The van der Waals surface area contributed by atoms with E-state index in [9.17, 15) is 0 Å². The minimum absolute atomic E-state index is 0.472. The number of aromatic nitrogens is 2. The first-order valence-electron chi connectivity index (χ1n) is 5.26. The van der Waals surface area contributed by atoms with Gasteiger partial charge in [-0.1, -0.05) is 19.1 Å². The molecule has 0 saturated heterocycles. The first kappa shape index (κ1) is 11.1. The van der Waals surface area contributed by atoms with Gasteiger partial charge in [0.25, 0.3) is 0 Å². The number of nitrogen functional groups attached to an aromatic ring is 1. The quantitative estimate of drug-likeness (QED) is 0.801. The van der Waals surface area contributed by atoms with E-state index >= 15 is 0 Å². The summed E-state index contributed by atoms with van der Waals surface area (Å²) < 4.78 is 0. The molecule has 0 spiro atoms. The number of nitrogens with one attached hydrogen (secondary N) is 1. The van der Waals surface area contributed by atoms with Gasteiger partial charge in [-0.25, -0.2) is 4.98 Å². The van der Waals surface area contributed by atoms with Crippen LogP contribution >= 0.6 is 11.8 Å². The molecule has 0 saturated carbocycles. The van der Waals surface area contributed by atoms with E-state index in [4.69, 9.17) is 5.73 Å². The van der Waals surface area contributed by atoms with Crippen molar-refractivity contribution < 1.29 is 0 Å². The minimum atomic E-state index is 0.472. The molecule has 0 aliphatic carbocycles. The molecule has 0 amide bonds. The average molecular weight is 233 g/mol. The first-order valence-corrected chi connectivity index (χ1v) is 6.24. The van der Waals surface area contributed by atoms with Crippen molar-refractivity contribution in [3.63, 3.8) is 0 Å². The Balaban J connectivity index is 2.31. The second kappa shape index (κ2) is 4.61. The van der Waals surface area contributed by atoms with E-state index in [1.807, 2.05) is 18.7 Å². The Hall–Kier alpha value is -1.42. The Bertz CT molecular complexity index is 474. The first-order chi connectivity index (χ1) is 7.70. The molecule has 3 N–H and O–H groups in total. The molecule has 0 unspecified atom stereocenters. The molecule has 0 atom stereocenters. The van der Waals surface area contributed by atoms with Crippen molar-refractivity contribution in [1.82, 2.24) is 9.97 Å². The van der Waals surface area contributed by atoms with Gasteiger partial charge in [0.15, 0.2) is 5.95 Å². The van der Waals surface area contributed by atoms with Crippen LogP contribution in [0.15, 0.2) is 29.2 Å². The van der Waals surface area contributed by atoms with Crippen LogP contribution in [0.5, 0.6) is 0 Å². The van der Waals surface area contributed by atoms with Gasteiger partial charge in [-0.2, -0.15) is 0 Å². The lowest BCUT2D eigenvalue weighted by molar-refractivity contribution is 1.26. The van der Waals surface area contributed by atoms with Crippen LogP contribution in [0.4, 0.5) is 5.95 Å². The number of aromatic amines is 1. The van der Waals surface area contributed by atoms with Gasteiger partial charge in [-0.3, -0.25) is 0 Å².